The molecule has 2 unspecified atom stereocenters. The van der Waals surface area contributed by atoms with Crippen LogP contribution in [0, 0.1) is 23.2 Å². The molecule has 1 N–H and O–H groups in total. The first-order valence-corrected chi connectivity index (χ1v) is 7.23. The Morgan fingerprint density at radius 3 is 2.28 bits per heavy atom. The van der Waals surface area contributed by atoms with Crippen molar-refractivity contribution < 1.29 is 9.90 Å². The van der Waals surface area contributed by atoms with Crippen LogP contribution in [-0.4, -0.2) is 35.6 Å². The molecule has 1 heterocycles. The van der Waals surface area contributed by atoms with Gasteiger partial charge in [-0.25, -0.2) is 0 Å². The van der Waals surface area contributed by atoms with E-state index in [1.807, 2.05) is 13.8 Å². The second-order valence-corrected chi connectivity index (χ2v) is 6.84. The van der Waals surface area contributed by atoms with Crippen molar-refractivity contribution in [1.29, 1.82) is 0 Å². The SMILES string of the molecule is CC(C)CC(C)CN1CCC(C(=O)O)(C(C)C)C1. The number of carboxylic acids is 1. The lowest BCUT2D eigenvalue weighted by molar-refractivity contribution is -0.151. The zero-order valence-corrected chi connectivity index (χ0v) is 12.6. The summed E-state index contributed by atoms with van der Waals surface area (Å²) in [6.07, 6.45) is 2.02. The minimum absolute atomic E-state index is 0.209. The first-order valence-electron chi connectivity index (χ1n) is 7.23. The molecule has 1 fully saturated rings. The summed E-state index contributed by atoms with van der Waals surface area (Å²) in [7, 11) is 0. The molecule has 0 aliphatic carbocycles. The Morgan fingerprint density at radius 1 is 1.28 bits per heavy atom. The number of nitrogens with zero attached hydrogens (tertiary/aromatic N) is 1. The van der Waals surface area contributed by atoms with Crippen LogP contribution in [0.15, 0.2) is 0 Å². The van der Waals surface area contributed by atoms with Crippen molar-refractivity contribution in [2.75, 3.05) is 19.6 Å². The van der Waals surface area contributed by atoms with E-state index in [9.17, 15) is 9.90 Å². The lowest BCUT2D eigenvalue weighted by Gasteiger charge is -2.29. The van der Waals surface area contributed by atoms with E-state index in [-0.39, 0.29) is 5.92 Å². The largest absolute Gasteiger partial charge is 0.481 e. The van der Waals surface area contributed by atoms with Crippen molar-refractivity contribution in [1.82, 2.24) is 4.90 Å². The van der Waals surface area contributed by atoms with Gasteiger partial charge >= 0.3 is 5.97 Å². The van der Waals surface area contributed by atoms with Crippen LogP contribution in [-0.2, 0) is 4.79 Å². The van der Waals surface area contributed by atoms with E-state index in [2.05, 4.69) is 25.7 Å². The predicted octanol–water partition coefficient (Wildman–Crippen LogP) is 3.10. The highest BCUT2D eigenvalue weighted by Crippen LogP contribution is 2.38. The fourth-order valence-corrected chi connectivity index (χ4v) is 3.28. The van der Waals surface area contributed by atoms with Crippen LogP contribution in [0.2, 0.25) is 0 Å². The van der Waals surface area contributed by atoms with Gasteiger partial charge in [0.05, 0.1) is 5.41 Å². The van der Waals surface area contributed by atoms with Gasteiger partial charge in [0.1, 0.15) is 0 Å². The van der Waals surface area contributed by atoms with Crippen molar-refractivity contribution in [3.8, 4) is 0 Å². The third kappa shape index (κ3) is 3.47. The summed E-state index contributed by atoms with van der Waals surface area (Å²) in [4.78, 5) is 13.9. The van der Waals surface area contributed by atoms with Gasteiger partial charge in [-0.2, -0.15) is 0 Å². The van der Waals surface area contributed by atoms with Gasteiger partial charge < -0.3 is 10.0 Å². The van der Waals surface area contributed by atoms with Crippen LogP contribution in [0.5, 0.6) is 0 Å². The Labute approximate surface area is 112 Å². The highest BCUT2D eigenvalue weighted by atomic mass is 16.4. The van der Waals surface area contributed by atoms with E-state index in [1.54, 1.807) is 0 Å². The van der Waals surface area contributed by atoms with E-state index >= 15 is 0 Å². The highest BCUT2D eigenvalue weighted by molar-refractivity contribution is 5.75. The molecule has 0 aromatic carbocycles. The molecule has 0 radical (unpaired) electrons. The fraction of sp³-hybridized carbons (Fsp3) is 0.933. The first kappa shape index (κ1) is 15.5. The summed E-state index contributed by atoms with van der Waals surface area (Å²) < 4.78 is 0. The Morgan fingerprint density at radius 2 is 1.89 bits per heavy atom. The molecule has 0 saturated carbocycles. The van der Waals surface area contributed by atoms with E-state index in [0.29, 0.717) is 5.92 Å². The van der Waals surface area contributed by atoms with E-state index < -0.39 is 11.4 Å². The van der Waals surface area contributed by atoms with Crippen LogP contribution < -0.4 is 0 Å². The maximum atomic E-state index is 11.5. The van der Waals surface area contributed by atoms with Crippen molar-refractivity contribution in [3.63, 3.8) is 0 Å². The summed E-state index contributed by atoms with van der Waals surface area (Å²) in [5.74, 6) is 0.968. The van der Waals surface area contributed by atoms with Crippen LogP contribution in [0.1, 0.15) is 47.5 Å². The van der Waals surface area contributed by atoms with Crippen LogP contribution in [0.3, 0.4) is 0 Å². The van der Waals surface area contributed by atoms with Gasteiger partial charge in [0.15, 0.2) is 0 Å². The van der Waals surface area contributed by atoms with Crippen molar-refractivity contribution >= 4 is 5.97 Å². The van der Waals surface area contributed by atoms with E-state index in [0.717, 1.165) is 32.0 Å². The molecule has 18 heavy (non-hydrogen) atoms. The van der Waals surface area contributed by atoms with Gasteiger partial charge in [0.2, 0.25) is 0 Å². The Balaban J connectivity index is 2.57. The Kier molecular flexibility index (Phi) is 5.20. The minimum Gasteiger partial charge on any atom is -0.481 e. The van der Waals surface area contributed by atoms with Gasteiger partial charge in [0, 0.05) is 13.1 Å². The molecule has 0 amide bonds. The molecular formula is C15H29NO2. The molecule has 3 heteroatoms. The second kappa shape index (κ2) is 6.05. The number of carbonyl (C=O) groups is 1. The fourth-order valence-electron chi connectivity index (χ4n) is 3.28. The van der Waals surface area contributed by atoms with Gasteiger partial charge in [0.25, 0.3) is 0 Å². The van der Waals surface area contributed by atoms with Gasteiger partial charge in [-0.1, -0.05) is 34.6 Å². The zero-order chi connectivity index (χ0) is 13.9. The molecule has 3 nitrogen and oxygen atoms in total. The molecule has 0 bridgehead atoms. The molecule has 1 aliphatic rings. The van der Waals surface area contributed by atoms with Gasteiger partial charge in [-0.15, -0.1) is 0 Å². The minimum atomic E-state index is -0.614. The third-order valence-corrected chi connectivity index (χ3v) is 4.35. The number of aliphatic carboxylic acids is 1. The molecule has 1 aliphatic heterocycles. The van der Waals surface area contributed by atoms with Gasteiger partial charge in [-0.3, -0.25) is 4.79 Å². The second-order valence-electron chi connectivity index (χ2n) is 6.84. The summed E-state index contributed by atoms with van der Waals surface area (Å²) in [5, 5.41) is 9.50. The lowest BCUT2D eigenvalue weighted by Crippen LogP contribution is -2.40. The molecule has 1 rings (SSSR count). The zero-order valence-electron chi connectivity index (χ0n) is 12.6. The van der Waals surface area contributed by atoms with Gasteiger partial charge in [-0.05, 0) is 37.1 Å². The number of hydrogen-bond acceptors (Lipinski definition) is 2. The van der Waals surface area contributed by atoms with Crippen molar-refractivity contribution in [2.45, 2.75) is 47.5 Å². The van der Waals surface area contributed by atoms with Crippen LogP contribution in [0.25, 0.3) is 0 Å². The Hall–Kier alpha value is -0.570. The number of carboxylic acid groups (broad SMARTS) is 1. The topological polar surface area (TPSA) is 40.5 Å². The Bertz CT molecular complexity index is 288. The molecule has 0 spiro atoms. The number of rotatable bonds is 6. The molecular weight excluding hydrogens is 226 g/mol. The average Bonchev–Trinajstić information content (AvgIpc) is 2.61. The summed E-state index contributed by atoms with van der Waals surface area (Å²) >= 11 is 0. The van der Waals surface area contributed by atoms with Crippen LogP contribution in [0.4, 0.5) is 0 Å². The van der Waals surface area contributed by atoms with Crippen molar-refractivity contribution in [2.24, 2.45) is 23.2 Å². The van der Waals surface area contributed by atoms with Crippen LogP contribution >= 0.6 is 0 Å². The van der Waals surface area contributed by atoms with E-state index in [4.69, 9.17) is 0 Å². The standard InChI is InChI=1S/C15H29NO2/c1-11(2)8-13(5)9-16-7-6-15(10-16,12(3)4)14(17)18/h11-13H,6-10H2,1-5H3,(H,17,18). The predicted molar refractivity (Wildman–Crippen MR) is 74.6 cm³/mol. The lowest BCUT2D eigenvalue weighted by atomic mass is 9.76. The number of likely N-dealkylation sites (tertiary alicyclic amines) is 1. The maximum absolute atomic E-state index is 11.5. The summed E-state index contributed by atoms with van der Waals surface area (Å²) in [6.45, 7) is 13.5. The molecule has 0 aromatic heterocycles. The quantitative estimate of drug-likeness (QED) is 0.793. The molecule has 2 atom stereocenters. The smallest absolute Gasteiger partial charge is 0.311 e. The maximum Gasteiger partial charge on any atom is 0.311 e. The summed E-state index contributed by atoms with van der Waals surface area (Å²) in [5.41, 5.74) is -0.516. The highest BCUT2D eigenvalue weighted by Gasteiger charge is 2.47. The first-order chi connectivity index (χ1) is 8.28. The normalized spacial score (nSPS) is 27.1. The third-order valence-electron chi connectivity index (χ3n) is 4.35. The summed E-state index contributed by atoms with van der Waals surface area (Å²) in [6, 6.07) is 0. The molecule has 1 saturated heterocycles. The van der Waals surface area contributed by atoms with Crippen molar-refractivity contribution in [3.05, 3.63) is 0 Å². The monoisotopic (exact) mass is 255 g/mol. The molecule has 106 valence electrons. The molecule has 0 aromatic rings. The number of hydrogen-bond donors (Lipinski definition) is 1. The average molecular weight is 255 g/mol. The van der Waals surface area contributed by atoms with E-state index in [1.165, 1.54) is 6.42 Å².